The minimum absolute atomic E-state index is 0.196. The fourth-order valence-electron chi connectivity index (χ4n) is 2.26. The summed E-state index contributed by atoms with van der Waals surface area (Å²) in [4.78, 5) is 11.0. The van der Waals surface area contributed by atoms with E-state index in [-0.39, 0.29) is 5.69 Å². The number of nitrogens with one attached hydrogen (secondary N) is 1. The van der Waals surface area contributed by atoms with Crippen LogP contribution in [-0.4, -0.2) is 21.3 Å². The van der Waals surface area contributed by atoms with Gasteiger partial charge in [-0.3, -0.25) is 5.10 Å². The third-order valence-corrected chi connectivity index (χ3v) is 3.01. The minimum Gasteiger partial charge on any atom is -0.477 e. The van der Waals surface area contributed by atoms with E-state index in [2.05, 4.69) is 10.2 Å². The topological polar surface area (TPSA) is 79.1 Å². The van der Waals surface area contributed by atoms with Crippen LogP contribution in [0.3, 0.4) is 0 Å². The van der Waals surface area contributed by atoms with E-state index in [9.17, 15) is 4.79 Å². The summed E-state index contributed by atoms with van der Waals surface area (Å²) in [5, 5.41) is 15.7. The summed E-state index contributed by atoms with van der Waals surface area (Å²) in [6, 6.07) is 0. The monoisotopic (exact) mass is 218 g/mol. The molecule has 1 aliphatic rings. The molecule has 0 bridgehead atoms. The molecule has 5 heteroatoms. The molecule has 0 aromatic carbocycles. The second kappa shape index (κ2) is 2.98. The Morgan fingerprint density at radius 2 is 2.38 bits per heavy atom. The summed E-state index contributed by atoms with van der Waals surface area (Å²) in [6.45, 7) is 1.86. The van der Waals surface area contributed by atoms with E-state index < -0.39 is 5.97 Å². The zero-order valence-corrected chi connectivity index (χ0v) is 8.70. The minimum atomic E-state index is -0.960. The lowest BCUT2D eigenvalue weighted by molar-refractivity contribution is 0.0689. The Kier molecular flexibility index (Phi) is 1.71. The van der Waals surface area contributed by atoms with Crippen LogP contribution in [0.1, 0.15) is 27.4 Å². The van der Waals surface area contributed by atoms with Crippen LogP contribution >= 0.6 is 0 Å². The third-order valence-electron chi connectivity index (χ3n) is 3.01. The lowest BCUT2D eigenvalue weighted by atomic mass is 9.91. The molecule has 2 aromatic heterocycles. The zero-order chi connectivity index (χ0) is 11.3. The maximum Gasteiger partial charge on any atom is 0.354 e. The molecular weight excluding hydrogens is 208 g/mol. The molecule has 0 aliphatic heterocycles. The number of hydrogen-bond acceptors (Lipinski definition) is 3. The zero-order valence-electron chi connectivity index (χ0n) is 8.70. The van der Waals surface area contributed by atoms with Gasteiger partial charge in [0.15, 0.2) is 0 Å². The Morgan fingerprint density at radius 1 is 1.56 bits per heavy atom. The molecule has 0 spiro atoms. The van der Waals surface area contributed by atoms with E-state index in [0.29, 0.717) is 6.42 Å². The number of nitrogens with zero attached hydrogens (tertiary/aromatic N) is 1. The summed E-state index contributed by atoms with van der Waals surface area (Å²) >= 11 is 0. The molecule has 0 atom stereocenters. The molecule has 3 rings (SSSR count). The van der Waals surface area contributed by atoms with Crippen LogP contribution in [0.2, 0.25) is 0 Å². The molecule has 2 N–H and O–H groups in total. The Morgan fingerprint density at radius 3 is 3.12 bits per heavy atom. The lowest BCUT2D eigenvalue weighted by Gasteiger charge is -2.10. The van der Waals surface area contributed by atoms with Gasteiger partial charge in [-0.1, -0.05) is 0 Å². The van der Waals surface area contributed by atoms with Crippen molar-refractivity contribution in [3.8, 4) is 11.3 Å². The molecule has 0 saturated carbocycles. The maximum absolute atomic E-state index is 11.0. The van der Waals surface area contributed by atoms with E-state index in [1.165, 1.54) is 0 Å². The highest BCUT2D eigenvalue weighted by molar-refractivity contribution is 5.90. The van der Waals surface area contributed by atoms with E-state index in [4.69, 9.17) is 9.52 Å². The van der Waals surface area contributed by atoms with Gasteiger partial charge in [0.25, 0.3) is 0 Å². The number of aromatic amines is 1. The van der Waals surface area contributed by atoms with Gasteiger partial charge in [0, 0.05) is 16.7 Å². The normalized spacial score (nSPS) is 13.3. The van der Waals surface area contributed by atoms with Gasteiger partial charge in [0.1, 0.15) is 11.5 Å². The number of fused-ring (bicyclic) bond motifs is 3. The van der Waals surface area contributed by atoms with Crippen LogP contribution in [0.15, 0.2) is 10.7 Å². The lowest BCUT2D eigenvalue weighted by Crippen LogP contribution is -2.06. The predicted molar refractivity (Wildman–Crippen MR) is 55.4 cm³/mol. The van der Waals surface area contributed by atoms with E-state index in [1.54, 1.807) is 6.26 Å². The number of carboxylic acid groups (broad SMARTS) is 1. The van der Waals surface area contributed by atoms with Crippen molar-refractivity contribution in [3.63, 3.8) is 0 Å². The largest absolute Gasteiger partial charge is 0.477 e. The number of carbonyl (C=O) groups is 1. The summed E-state index contributed by atoms with van der Waals surface area (Å²) < 4.78 is 5.34. The molecule has 16 heavy (non-hydrogen) atoms. The van der Waals surface area contributed by atoms with Crippen LogP contribution in [0.25, 0.3) is 11.3 Å². The van der Waals surface area contributed by atoms with Crippen LogP contribution in [0.5, 0.6) is 0 Å². The quantitative estimate of drug-likeness (QED) is 0.764. The summed E-state index contributed by atoms with van der Waals surface area (Å²) in [6.07, 6.45) is 3.22. The summed E-state index contributed by atoms with van der Waals surface area (Å²) in [7, 11) is 0. The van der Waals surface area contributed by atoms with Gasteiger partial charge in [-0.25, -0.2) is 4.79 Å². The van der Waals surface area contributed by atoms with Crippen molar-refractivity contribution in [3.05, 3.63) is 28.8 Å². The Hall–Kier alpha value is -2.04. The average Bonchev–Trinajstić information content (AvgIpc) is 2.81. The van der Waals surface area contributed by atoms with Crippen molar-refractivity contribution in [2.75, 3.05) is 0 Å². The van der Waals surface area contributed by atoms with Crippen molar-refractivity contribution in [2.24, 2.45) is 0 Å². The fourth-order valence-corrected chi connectivity index (χ4v) is 2.26. The average molecular weight is 218 g/mol. The summed E-state index contributed by atoms with van der Waals surface area (Å²) in [5.41, 5.74) is 3.76. The molecule has 0 amide bonds. The van der Waals surface area contributed by atoms with Gasteiger partial charge in [-0.2, -0.15) is 5.10 Å². The van der Waals surface area contributed by atoms with Crippen LogP contribution in [0, 0.1) is 6.92 Å². The maximum atomic E-state index is 11.0. The highest BCUT2D eigenvalue weighted by Crippen LogP contribution is 2.36. The SMILES string of the molecule is Cc1occ2c1-c1n[nH]c(C(=O)O)c1CC2. The van der Waals surface area contributed by atoms with Gasteiger partial charge < -0.3 is 9.52 Å². The van der Waals surface area contributed by atoms with Crippen LogP contribution < -0.4 is 0 Å². The standard InChI is InChI=1S/C11H10N2O3/c1-5-8-6(4-16-5)2-3-7-9(8)12-13-10(7)11(14)15/h4H,2-3H2,1H3,(H,12,13)(H,14,15). The van der Waals surface area contributed by atoms with Gasteiger partial charge in [0.05, 0.1) is 12.0 Å². The second-order valence-corrected chi connectivity index (χ2v) is 3.92. The number of aryl methyl sites for hydroxylation is 2. The Balaban J connectivity index is 2.26. The number of rotatable bonds is 1. The van der Waals surface area contributed by atoms with Crippen LogP contribution in [-0.2, 0) is 12.8 Å². The van der Waals surface area contributed by atoms with E-state index in [0.717, 1.165) is 34.6 Å². The van der Waals surface area contributed by atoms with Crippen molar-refractivity contribution in [1.82, 2.24) is 10.2 Å². The first-order chi connectivity index (χ1) is 7.68. The molecule has 1 aliphatic carbocycles. The highest BCUT2D eigenvalue weighted by atomic mass is 16.4. The van der Waals surface area contributed by atoms with Crippen molar-refractivity contribution in [2.45, 2.75) is 19.8 Å². The molecule has 0 fully saturated rings. The number of carboxylic acids is 1. The molecule has 0 radical (unpaired) electrons. The number of aromatic carboxylic acids is 1. The van der Waals surface area contributed by atoms with Gasteiger partial charge in [-0.15, -0.1) is 0 Å². The van der Waals surface area contributed by atoms with Crippen molar-refractivity contribution < 1.29 is 14.3 Å². The second-order valence-electron chi connectivity index (χ2n) is 3.92. The predicted octanol–water partition coefficient (Wildman–Crippen LogP) is 1.77. The number of aromatic nitrogens is 2. The first-order valence-corrected chi connectivity index (χ1v) is 5.06. The van der Waals surface area contributed by atoms with Crippen molar-refractivity contribution in [1.29, 1.82) is 0 Å². The first kappa shape index (κ1) is 9.21. The Bertz CT molecular complexity index is 580. The van der Waals surface area contributed by atoms with Crippen LogP contribution in [0.4, 0.5) is 0 Å². The first-order valence-electron chi connectivity index (χ1n) is 5.06. The molecule has 0 unspecified atom stereocenters. The molecule has 2 heterocycles. The third kappa shape index (κ3) is 1.05. The van der Waals surface area contributed by atoms with Crippen molar-refractivity contribution >= 4 is 5.97 Å². The number of H-pyrrole nitrogens is 1. The Labute approximate surface area is 91.1 Å². The van der Waals surface area contributed by atoms with E-state index in [1.807, 2.05) is 6.92 Å². The van der Waals surface area contributed by atoms with Gasteiger partial charge >= 0.3 is 5.97 Å². The molecule has 82 valence electrons. The molecular formula is C11H10N2O3. The van der Waals surface area contributed by atoms with Gasteiger partial charge in [0.2, 0.25) is 0 Å². The highest BCUT2D eigenvalue weighted by Gasteiger charge is 2.27. The smallest absolute Gasteiger partial charge is 0.354 e. The molecule has 2 aromatic rings. The van der Waals surface area contributed by atoms with Gasteiger partial charge in [-0.05, 0) is 19.8 Å². The number of hydrogen-bond donors (Lipinski definition) is 2. The number of furan rings is 1. The summed E-state index contributed by atoms with van der Waals surface area (Å²) in [5.74, 6) is -0.169. The fraction of sp³-hybridized carbons (Fsp3) is 0.273. The van der Waals surface area contributed by atoms with E-state index >= 15 is 0 Å². The molecule has 5 nitrogen and oxygen atoms in total. The molecule has 0 saturated heterocycles.